The van der Waals surface area contributed by atoms with Crippen LogP contribution in [0.25, 0.3) is 0 Å². The minimum Gasteiger partial charge on any atom is -0.391 e. The van der Waals surface area contributed by atoms with Gasteiger partial charge in [-0.25, -0.2) is 0 Å². The molecule has 7 heteroatoms. The van der Waals surface area contributed by atoms with E-state index in [2.05, 4.69) is 11.0 Å². The van der Waals surface area contributed by atoms with E-state index in [1.165, 1.54) is 18.1 Å². The molecule has 7 nitrogen and oxygen atoms in total. The standard InChI is InChI=1S/C26H31N3O4/c1-18-10-11-19(16-23(18)29(32)33)25(31)28-17-26(20-6-2-3-7-21(20)28)12-14-27(15-13-26)22-8-4-5-9-24(22)30/h2-3,6-7,10-11,16,22,24,30H,4-5,8-9,12-15,17H2,1H3. The van der Waals surface area contributed by atoms with Gasteiger partial charge in [0.2, 0.25) is 0 Å². The van der Waals surface area contributed by atoms with Crippen molar-refractivity contribution in [1.82, 2.24) is 4.90 Å². The lowest BCUT2D eigenvalue weighted by molar-refractivity contribution is -0.385. The summed E-state index contributed by atoms with van der Waals surface area (Å²) in [5.74, 6) is -0.187. The number of nitro benzene ring substituents is 1. The number of carbonyl (C=O) groups excluding carboxylic acids is 1. The van der Waals surface area contributed by atoms with Gasteiger partial charge in [0.05, 0.1) is 11.0 Å². The number of amides is 1. The van der Waals surface area contributed by atoms with E-state index in [1.807, 2.05) is 23.1 Å². The van der Waals surface area contributed by atoms with Crippen LogP contribution in [0.2, 0.25) is 0 Å². The van der Waals surface area contributed by atoms with E-state index in [0.717, 1.165) is 50.9 Å². The number of para-hydroxylation sites is 1. The maximum absolute atomic E-state index is 13.5. The molecule has 1 saturated heterocycles. The molecule has 1 spiro atoms. The Hall–Kier alpha value is -2.77. The summed E-state index contributed by atoms with van der Waals surface area (Å²) in [6.07, 6.45) is 5.87. The number of aliphatic hydroxyl groups is 1. The Bertz CT molecular complexity index is 1080. The first-order valence-electron chi connectivity index (χ1n) is 12.0. The molecule has 1 N–H and O–H groups in total. The van der Waals surface area contributed by atoms with E-state index in [1.54, 1.807) is 19.1 Å². The summed E-state index contributed by atoms with van der Waals surface area (Å²) < 4.78 is 0. The Balaban J connectivity index is 1.40. The van der Waals surface area contributed by atoms with Crippen molar-refractivity contribution in [1.29, 1.82) is 0 Å². The lowest BCUT2D eigenvalue weighted by atomic mass is 9.73. The average Bonchev–Trinajstić information content (AvgIpc) is 3.14. The van der Waals surface area contributed by atoms with E-state index in [-0.39, 0.29) is 29.2 Å². The first-order valence-corrected chi connectivity index (χ1v) is 12.0. The van der Waals surface area contributed by atoms with E-state index in [4.69, 9.17) is 0 Å². The molecular weight excluding hydrogens is 418 g/mol. The van der Waals surface area contributed by atoms with Gasteiger partial charge in [-0.05, 0) is 63.4 Å². The first-order chi connectivity index (χ1) is 15.9. The Morgan fingerprint density at radius 1 is 1.12 bits per heavy atom. The molecule has 5 rings (SSSR count). The number of piperidine rings is 1. The van der Waals surface area contributed by atoms with Gasteiger partial charge in [-0.3, -0.25) is 19.8 Å². The number of aliphatic hydroxyl groups excluding tert-OH is 1. The minimum atomic E-state index is -0.430. The highest BCUT2D eigenvalue weighted by Crippen LogP contribution is 2.48. The van der Waals surface area contributed by atoms with Gasteiger partial charge in [-0.1, -0.05) is 37.1 Å². The highest BCUT2D eigenvalue weighted by atomic mass is 16.6. The number of nitro groups is 1. The molecule has 1 amide bonds. The van der Waals surface area contributed by atoms with Gasteiger partial charge in [0.1, 0.15) is 0 Å². The van der Waals surface area contributed by atoms with Crippen molar-refractivity contribution < 1.29 is 14.8 Å². The monoisotopic (exact) mass is 449 g/mol. The number of carbonyl (C=O) groups is 1. The van der Waals surface area contributed by atoms with Gasteiger partial charge < -0.3 is 10.0 Å². The second-order valence-corrected chi connectivity index (χ2v) is 9.90. The second-order valence-electron chi connectivity index (χ2n) is 9.90. The van der Waals surface area contributed by atoms with E-state index < -0.39 is 4.92 Å². The minimum absolute atomic E-state index is 0.0256. The molecule has 2 fully saturated rings. The molecule has 2 aromatic carbocycles. The van der Waals surface area contributed by atoms with Gasteiger partial charge in [0.25, 0.3) is 11.6 Å². The van der Waals surface area contributed by atoms with Crippen LogP contribution >= 0.6 is 0 Å². The van der Waals surface area contributed by atoms with Crippen molar-refractivity contribution in [3.63, 3.8) is 0 Å². The van der Waals surface area contributed by atoms with Crippen LogP contribution in [0.5, 0.6) is 0 Å². The Morgan fingerprint density at radius 2 is 1.85 bits per heavy atom. The van der Waals surface area contributed by atoms with Crippen molar-refractivity contribution in [2.45, 2.75) is 63.0 Å². The molecule has 2 aromatic rings. The van der Waals surface area contributed by atoms with Crippen molar-refractivity contribution in [3.05, 3.63) is 69.3 Å². The number of rotatable bonds is 3. The van der Waals surface area contributed by atoms with Crippen LogP contribution in [0.15, 0.2) is 42.5 Å². The molecule has 2 heterocycles. The number of hydrogen-bond acceptors (Lipinski definition) is 5. The van der Waals surface area contributed by atoms with E-state index in [9.17, 15) is 20.0 Å². The molecule has 2 atom stereocenters. The molecule has 1 saturated carbocycles. The van der Waals surface area contributed by atoms with Gasteiger partial charge in [0.15, 0.2) is 0 Å². The summed E-state index contributed by atoms with van der Waals surface area (Å²) in [6, 6.07) is 13.1. The van der Waals surface area contributed by atoms with E-state index >= 15 is 0 Å². The number of nitrogens with zero attached hydrogens (tertiary/aromatic N) is 3. The molecule has 2 aliphatic heterocycles. The van der Waals surface area contributed by atoms with Crippen LogP contribution in [0.4, 0.5) is 11.4 Å². The summed E-state index contributed by atoms with van der Waals surface area (Å²) in [5.41, 5.74) is 2.87. The maximum atomic E-state index is 13.5. The quantitative estimate of drug-likeness (QED) is 0.561. The molecule has 3 aliphatic rings. The molecular formula is C26H31N3O4. The molecule has 0 bridgehead atoms. The summed E-state index contributed by atoms with van der Waals surface area (Å²) >= 11 is 0. The number of anilines is 1. The predicted octanol–water partition coefficient (Wildman–Crippen LogP) is 4.20. The number of aryl methyl sites for hydroxylation is 1. The van der Waals surface area contributed by atoms with Gasteiger partial charge in [-0.15, -0.1) is 0 Å². The Kier molecular flexibility index (Phi) is 5.70. The fraction of sp³-hybridized carbons (Fsp3) is 0.500. The molecule has 33 heavy (non-hydrogen) atoms. The summed E-state index contributed by atoms with van der Waals surface area (Å²) in [7, 11) is 0. The lowest BCUT2D eigenvalue weighted by Gasteiger charge is -2.45. The van der Waals surface area contributed by atoms with Crippen molar-refractivity contribution >= 4 is 17.3 Å². The molecule has 0 aromatic heterocycles. The molecule has 1 aliphatic carbocycles. The van der Waals surface area contributed by atoms with Crippen molar-refractivity contribution in [2.75, 3.05) is 24.5 Å². The fourth-order valence-corrected chi connectivity index (χ4v) is 6.14. The van der Waals surface area contributed by atoms with Gasteiger partial charge >= 0.3 is 0 Å². The predicted molar refractivity (Wildman–Crippen MR) is 127 cm³/mol. The van der Waals surface area contributed by atoms with E-state index in [0.29, 0.717) is 17.7 Å². The van der Waals surface area contributed by atoms with Crippen molar-refractivity contribution in [2.24, 2.45) is 0 Å². The SMILES string of the molecule is Cc1ccc(C(=O)N2CC3(CCN(C4CCCCC4O)CC3)c3ccccc32)cc1[N+](=O)[O-]. The zero-order chi connectivity index (χ0) is 23.2. The van der Waals surface area contributed by atoms with Crippen LogP contribution in [-0.4, -0.2) is 52.6 Å². The highest BCUT2D eigenvalue weighted by Gasteiger charge is 2.47. The van der Waals surface area contributed by atoms with Gasteiger partial charge in [0, 0.05) is 40.9 Å². The number of hydrogen-bond donors (Lipinski definition) is 1. The number of likely N-dealkylation sites (tertiary alicyclic amines) is 1. The maximum Gasteiger partial charge on any atom is 0.273 e. The summed E-state index contributed by atoms with van der Waals surface area (Å²) in [5, 5.41) is 21.9. The van der Waals surface area contributed by atoms with Crippen LogP contribution in [0.1, 0.15) is 60.0 Å². The average molecular weight is 450 g/mol. The van der Waals surface area contributed by atoms with Crippen LogP contribution in [0, 0.1) is 17.0 Å². The number of fused-ring (bicyclic) bond motifs is 2. The number of benzene rings is 2. The topological polar surface area (TPSA) is 86.9 Å². The second kappa shape index (κ2) is 8.54. The molecule has 0 radical (unpaired) electrons. The van der Waals surface area contributed by atoms with Crippen LogP contribution < -0.4 is 4.90 Å². The van der Waals surface area contributed by atoms with Crippen molar-refractivity contribution in [3.8, 4) is 0 Å². The lowest BCUT2D eigenvalue weighted by Crippen LogP contribution is -2.53. The molecule has 2 unspecified atom stereocenters. The first kappa shape index (κ1) is 22.0. The van der Waals surface area contributed by atoms with Crippen LogP contribution in [-0.2, 0) is 5.41 Å². The smallest absolute Gasteiger partial charge is 0.273 e. The zero-order valence-electron chi connectivity index (χ0n) is 19.1. The fourth-order valence-electron chi connectivity index (χ4n) is 6.14. The third-order valence-electron chi connectivity index (χ3n) is 8.04. The Labute approximate surface area is 194 Å². The van der Waals surface area contributed by atoms with Crippen LogP contribution in [0.3, 0.4) is 0 Å². The largest absolute Gasteiger partial charge is 0.391 e. The third-order valence-corrected chi connectivity index (χ3v) is 8.04. The normalized spacial score (nSPS) is 24.6. The highest BCUT2D eigenvalue weighted by molar-refractivity contribution is 6.08. The zero-order valence-corrected chi connectivity index (χ0v) is 19.1. The molecule has 174 valence electrons. The summed E-state index contributed by atoms with van der Waals surface area (Å²) in [4.78, 5) is 28.8. The van der Waals surface area contributed by atoms with Gasteiger partial charge in [-0.2, -0.15) is 0 Å². The summed E-state index contributed by atoms with van der Waals surface area (Å²) in [6.45, 7) is 4.10. The Morgan fingerprint density at radius 3 is 2.58 bits per heavy atom. The third kappa shape index (κ3) is 3.83.